The number of benzene rings is 1. The van der Waals surface area contributed by atoms with E-state index in [-0.39, 0.29) is 11.1 Å². The molecule has 0 radical (unpaired) electrons. The highest BCUT2D eigenvalue weighted by molar-refractivity contribution is 6.46. The monoisotopic (exact) mass is 443 g/mol. The van der Waals surface area contributed by atoms with Gasteiger partial charge in [-0.3, -0.25) is 0 Å². The number of hydrogen-bond acceptors (Lipinski definition) is 6. The van der Waals surface area contributed by atoms with Crippen molar-refractivity contribution in [3.63, 3.8) is 0 Å². The topological polar surface area (TPSA) is 84.6 Å². The van der Waals surface area contributed by atoms with Crippen LogP contribution in [0.1, 0.15) is 11.1 Å². The maximum Gasteiger partial charge on any atom is 0.347 e. The average molecular weight is 443 g/mol. The maximum atomic E-state index is 13.0. The maximum absolute atomic E-state index is 13.0. The molecule has 0 saturated carbocycles. The first kappa shape index (κ1) is 19.9. The summed E-state index contributed by atoms with van der Waals surface area (Å²) in [6, 6.07) is 11.5. The molecular formula is C25H21N3O5. The summed E-state index contributed by atoms with van der Waals surface area (Å²) in [4.78, 5) is 30.5. The van der Waals surface area contributed by atoms with Gasteiger partial charge in [-0.1, -0.05) is 18.2 Å². The fourth-order valence-electron chi connectivity index (χ4n) is 4.65. The van der Waals surface area contributed by atoms with Crippen LogP contribution in [0.25, 0.3) is 33.1 Å². The van der Waals surface area contributed by atoms with Gasteiger partial charge < -0.3 is 23.3 Å². The van der Waals surface area contributed by atoms with E-state index in [4.69, 9.17) is 14.2 Å². The van der Waals surface area contributed by atoms with Gasteiger partial charge in [0.15, 0.2) is 0 Å². The number of rotatable bonds is 0. The van der Waals surface area contributed by atoms with Crippen molar-refractivity contribution >= 4 is 45.0 Å². The van der Waals surface area contributed by atoms with E-state index in [1.807, 2.05) is 57.9 Å². The largest absolute Gasteiger partial charge is 0.386 e. The first-order valence-corrected chi connectivity index (χ1v) is 10.9. The third-order valence-corrected chi connectivity index (χ3v) is 6.13. The summed E-state index contributed by atoms with van der Waals surface area (Å²) in [6.07, 6.45) is 5.47. The van der Waals surface area contributed by atoms with Crippen LogP contribution in [0.3, 0.4) is 0 Å². The molecule has 8 heteroatoms. The molecular weight excluding hydrogens is 422 g/mol. The van der Waals surface area contributed by atoms with Crippen molar-refractivity contribution in [1.82, 2.24) is 14.1 Å². The van der Waals surface area contributed by atoms with Crippen LogP contribution in [0.4, 0.5) is 0 Å². The second-order valence-corrected chi connectivity index (χ2v) is 8.02. The van der Waals surface area contributed by atoms with Crippen molar-refractivity contribution < 1.29 is 23.8 Å². The van der Waals surface area contributed by atoms with Gasteiger partial charge in [-0.05, 0) is 18.2 Å². The van der Waals surface area contributed by atoms with Gasteiger partial charge in [-0.25, -0.2) is 14.6 Å². The Hall–Kier alpha value is -3.75. The van der Waals surface area contributed by atoms with Crippen LogP contribution >= 0.6 is 0 Å². The van der Waals surface area contributed by atoms with E-state index in [0.29, 0.717) is 50.6 Å². The molecule has 0 N–H and O–H groups in total. The van der Waals surface area contributed by atoms with Gasteiger partial charge in [0.05, 0.1) is 37.6 Å². The van der Waals surface area contributed by atoms with Gasteiger partial charge in [0.1, 0.15) is 5.65 Å². The molecule has 0 spiro atoms. The number of ether oxygens (including phenoxy) is 3. The highest BCUT2D eigenvalue weighted by Crippen LogP contribution is 2.40. The molecule has 2 aliphatic rings. The highest BCUT2D eigenvalue weighted by Gasteiger charge is 2.38. The van der Waals surface area contributed by atoms with Crippen molar-refractivity contribution in [3.05, 3.63) is 66.1 Å². The van der Waals surface area contributed by atoms with Crippen LogP contribution in [0.5, 0.6) is 0 Å². The quantitative estimate of drug-likeness (QED) is 0.307. The van der Waals surface area contributed by atoms with Crippen LogP contribution in [-0.4, -0.2) is 52.5 Å². The lowest BCUT2D eigenvalue weighted by Crippen LogP contribution is -2.12. The number of cyclic esters (lactones) is 2. The zero-order valence-electron chi connectivity index (χ0n) is 17.8. The second-order valence-electron chi connectivity index (χ2n) is 8.02. The normalized spacial score (nSPS) is 17.6. The van der Waals surface area contributed by atoms with Crippen molar-refractivity contribution in [2.45, 2.75) is 13.1 Å². The predicted octanol–water partition coefficient (Wildman–Crippen LogP) is 3.03. The number of para-hydroxylation sites is 1. The Balaban J connectivity index is 1.64. The number of fused-ring (bicyclic) bond motifs is 12. The standard InChI is InChI=1S/C25H21N3O5/c29-24-21-18-14-27(20-6-2-1-4-16(18)20)8-10-31-12-13-32-11-9-28-15-19(22(21)25(30)33-24)17-5-3-7-26-23(17)28/h1-7,14-15H,8-13H2. The molecule has 5 heterocycles. The Bertz CT molecular complexity index is 1340. The Morgan fingerprint density at radius 1 is 0.727 bits per heavy atom. The lowest BCUT2D eigenvalue weighted by atomic mass is 9.96. The van der Waals surface area contributed by atoms with Gasteiger partial charge >= 0.3 is 11.9 Å². The zero-order valence-corrected chi connectivity index (χ0v) is 17.8. The molecule has 8 nitrogen and oxygen atoms in total. The third kappa shape index (κ3) is 3.26. The molecule has 1 aromatic carbocycles. The number of nitrogens with zero attached hydrogens (tertiary/aromatic N) is 3. The number of carbonyl (C=O) groups excluding carboxylic acids is 2. The van der Waals surface area contributed by atoms with E-state index in [2.05, 4.69) is 4.98 Å². The van der Waals surface area contributed by atoms with E-state index in [0.717, 1.165) is 21.9 Å². The van der Waals surface area contributed by atoms with E-state index >= 15 is 0 Å². The van der Waals surface area contributed by atoms with Crippen molar-refractivity contribution in [2.75, 3.05) is 26.4 Å². The molecule has 3 aromatic heterocycles. The predicted molar refractivity (Wildman–Crippen MR) is 121 cm³/mol. The van der Waals surface area contributed by atoms with Crippen molar-refractivity contribution in [2.24, 2.45) is 0 Å². The summed E-state index contributed by atoms with van der Waals surface area (Å²) in [7, 11) is 0. The van der Waals surface area contributed by atoms with Gasteiger partial charge in [-0.15, -0.1) is 0 Å². The number of carbonyl (C=O) groups is 2. The lowest BCUT2D eigenvalue weighted by Gasteiger charge is -2.09. The molecule has 0 amide bonds. The minimum atomic E-state index is -0.643. The minimum Gasteiger partial charge on any atom is -0.386 e. The molecule has 2 aliphatic heterocycles. The zero-order chi connectivity index (χ0) is 22.4. The summed E-state index contributed by atoms with van der Waals surface area (Å²) < 4.78 is 20.6. The summed E-state index contributed by atoms with van der Waals surface area (Å²) in [5.41, 5.74) is 3.54. The molecule has 33 heavy (non-hydrogen) atoms. The Morgan fingerprint density at radius 3 is 2.15 bits per heavy atom. The van der Waals surface area contributed by atoms with E-state index < -0.39 is 11.9 Å². The van der Waals surface area contributed by atoms with Gasteiger partial charge in [0.2, 0.25) is 0 Å². The van der Waals surface area contributed by atoms with Crippen molar-refractivity contribution in [3.8, 4) is 0 Å². The molecule has 4 aromatic rings. The lowest BCUT2D eigenvalue weighted by molar-refractivity contribution is -0.149. The first-order valence-electron chi connectivity index (χ1n) is 10.9. The van der Waals surface area contributed by atoms with Crippen molar-refractivity contribution in [1.29, 1.82) is 0 Å². The molecule has 4 bridgehead atoms. The van der Waals surface area contributed by atoms with Gasteiger partial charge in [-0.2, -0.15) is 0 Å². The highest BCUT2D eigenvalue weighted by atomic mass is 16.6. The van der Waals surface area contributed by atoms with Crippen LogP contribution in [0.15, 0.2) is 55.0 Å². The molecule has 6 rings (SSSR count). The fourth-order valence-corrected chi connectivity index (χ4v) is 4.65. The van der Waals surface area contributed by atoms with Gasteiger partial charge in [0.25, 0.3) is 0 Å². The SMILES string of the molecule is O=C1OC(=O)C2=C1c1cn(c3ccccc13)CCOCCOCCn1cc2c2cccnc21. The fraction of sp³-hybridized carbons (Fsp3) is 0.240. The molecule has 0 aliphatic carbocycles. The Morgan fingerprint density at radius 2 is 1.36 bits per heavy atom. The van der Waals surface area contributed by atoms with Crippen LogP contribution in [0.2, 0.25) is 0 Å². The summed E-state index contributed by atoms with van der Waals surface area (Å²) in [6.45, 7) is 3.13. The number of hydrogen-bond donors (Lipinski definition) is 0. The van der Waals surface area contributed by atoms with Crippen LogP contribution < -0.4 is 0 Å². The minimum absolute atomic E-state index is 0.268. The Kier molecular flexibility index (Phi) is 4.82. The molecule has 0 saturated heterocycles. The van der Waals surface area contributed by atoms with Gasteiger partial charge in [0, 0.05) is 59.1 Å². The number of aromatic nitrogens is 3. The number of pyridine rings is 1. The number of esters is 2. The molecule has 0 fully saturated rings. The van der Waals surface area contributed by atoms with Crippen LogP contribution in [0, 0.1) is 0 Å². The van der Waals surface area contributed by atoms with E-state index in [9.17, 15) is 9.59 Å². The summed E-state index contributed by atoms with van der Waals surface area (Å²) in [5, 5.41) is 1.67. The summed E-state index contributed by atoms with van der Waals surface area (Å²) >= 11 is 0. The molecule has 0 atom stereocenters. The Labute approximate surface area is 189 Å². The van der Waals surface area contributed by atoms with Crippen LogP contribution in [-0.2, 0) is 36.9 Å². The molecule has 0 unspecified atom stereocenters. The summed E-state index contributed by atoms with van der Waals surface area (Å²) in [5.74, 6) is -1.28. The third-order valence-electron chi connectivity index (χ3n) is 6.13. The van der Waals surface area contributed by atoms with E-state index in [1.54, 1.807) is 6.20 Å². The average Bonchev–Trinajstić information content (AvgIpc) is 3.46. The first-order chi connectivity index (χ1) is 16.2. The molecule has 166 valence electrons. The second kappa shape index (κ2) is 7.99. The smallest absolute Gasteiger partial charge is 0.347 e. The van der Waals surface area contributed by atoms with E-state index in [1.165, 1.54) is 0 Å².